The molecule has 1 fully saturated rings. The first-order chi connectivity index (χ1) is 10.3. The fraction of sp³-hybridized carbons (Fsp3) is 0.444. The van der Waals surface area contributed by atoms with Gasteiger partial charge in [-0.2, -0.15) is 0 Å². The van der Waals surface area contributed by atoms with Crippen molar-refractivity contribution in [3.8, 4) is 5.75 Å². The van der Waals surface area contributed by atoms with E-state index in [9.17, 15) is 0 Å². The molecule has 1 N–H and O–H groups in total. The predicted octanol–water partition coefficient (Wildman–Crippen LogP) is 3.03. The molecule has 0 spiro atoms. The minimum atomic E-state index is 0.689. The molecule has 0 bridgehead atoms. The zero-order chi connectivity index (χ0) is 14.7. The second-order valence-electron chi connectivity index (χ2n) is 5.81. The molecule has 0 amide bonds. The molecule has 3 nitrogen and oxygen atoms in total. The summed E-state index contributed by atoms with van der Waals surface area (Å²) >= 11 is 0. The Morgan fingerprint density at radius 3 is 2.48 bits per heavy atom. The van der Waals surface area contributed by atoms with Gasteiger partial charge in [0.2, 0.25) is 0 Å². The van der Waals surface area contributed by atoms with Crippen LogP contribution in [0.1, 0.15) is 18.4 Å². The average Bonchev–Trinajstić information content (AvgIpc) is 2.56. The first-order valence-corrected chi connectivity index (χ1v) is 7.76. The third-order valence-electron chi connectivity index (χ3n) is 4.58. The van der Waals surface area contributed by atoms with Crippen LogP contribution in [0.4, 0.5) is 0 Å². The van der Waals surface area contributed by atoms with Gasteiger partial charge in [0.05, 0.1) is 7.11 Å². The van der Waals surface area contributed by atoms with Crippen molar-refractivity contribution in [3.05, 3.63) is 42.0 Å². The van der Waals surface area contributed by atoms with E-state index in [1.54, 1.807) is 7.11 Å². The first-order valence-electron chi connectivity index (χ1n) is 7.76. The van der Waals surface area contributed by atoms with E-state index in [1.807, 2.05) is 0 Å². The molecule has 1 aliphatic rings. The maximum absolute atomic E-state index is 5.48. The molecule has 1 saturated heterocycles. The number of nitrogens with one attached hydrogen (secondary N) is 1. The highest BCUT2D eigenvalue weighted by Gasteiger charge is 2.18. The molecule has 0 aromatic heterocycles. The monoisotopic (exact) mass is 284 g/mol. The Bertz CT molecular complexity index is 603. The number of hydrogen-bond donors (Lipinski definition) is 1. The number of methoxy groups -OCH3 is 1. The topological polar surface area (TPSA) is 24.5 Å². The molecule has 3 heteroatoms. The van der Waals surface area contributed by atoms with Crippen molar-refractivity contribution >= 4 is 10.8 Å². The van der Waals surface area contributed by atoms with Crippen molar-refractivity contribution in [2.75, 3.05) is 27.2 Å². The molecule has 2 aromatic carbocycles. The first kappa shape index (κ1) is 14.4. The smallest absolute Gasteiger partial charge is 0.126 e. The summed E-state index contributed by atoms with van der Waals surface area (Å²) in [5, 5.41) is 5.91. The van der Waals surface area contributed by atoms with Gasteiger partial charge in [-0.15, -0.1) is 0 Å². The summed E-state index contributed by atoms with van der Waals surface area (Å²) in [6.07, 6.45) is 2.48. The third-order valence-corrected chi connectivity index (χ3v) is 4.58. The summed E-state index contributed by atoms with van der Waals surface area (Å²) in [5.74, 6) is 0.961. The van der Waals surface area contributed by atoms with Crippen molar-refractivity contribution < 1.29 is 4.74 Å². The zero-order valence-corrected chi connectivity index (χ0v) is 12.9. The minimum Gasteiger partial charge on any atom is -0.496 e. The van der Waals surface area contributed by atoms with Gasteiger partial charge < -0.3 is 10.1 Å². The number of piperidine rings is 1. The van der Waals surface area contributed by atoms with Gasteiger partial charge in [-0.05, 0) is 50.0 Å². The van der Waals surface area contributed by atoms with Crippen molar-refractivity contribution in [3.63, 3.8) is 0 Å². The van der Waals surface area contributed by atoms with E-state index in [-0.39, 0.29) is 0 Å². The van der Waals surface area contributed by atoms with Crippen LogP contribution in [0.3, 0.4) is 0 Å². The van der Waals surface area contributed by atoms with E-state index >= 15 is 0 Å². The number of fused-ring (bicyclic) bond motifs is 1. The second kappa shape index (κ2) is 6.46. The molecule has 0 radical (unpaired) electrons. The predicted molar refractivity (Wildman–Crippen MR) is 87.9 cm³/mol. The summed E-state index contributed by atoms with van der Waals surface area (Å²) in [4.78, 5) is 2.56. The zero-order valence-electron chi connectivity index (χ0n) is 12.9. The van der Waals surface area contributed by atoms with Crippen LogP contribution >= 0.6 is 0 Å². The SMILES string of the molecule is CNC1CCN(Cc2ccc(OC)c3ccccc23)CC1. The fourth-order valence-electron chi connectivity index (χ4n) is 3.27. The maximum Gasteiger partial charge on any atom is 0.126 e. The van der Waals surface area contributed by atoms with Gasteiger partial charge in [-0.1, -0.05) is 30.3 Å². The Kier molecular flexibility index (Phi) is 4.42. The molecule has 21 heavy (non-hydrogen) atoms. The van der Waals surface area contributed by atoms with E-state index < -0.39 is 0 Å². The van der Waals surface area contributed by atoms with Crippen molar-refractivity contribution in [1.29, 1.82) is 0 Å². The molecule has 112 valence electrons. The fourth-order valence-corrected chi connectivity index (χ4v) is 3.27. The average molecular weight is 284 g/mol. The number of hydrogen-bond acceptors (Lipinski definition) is 3. The van der Waals surface area contributed by atoms with Gasteiger partial charge in [0, 0.05) is 18.0 Å². The molecular weight excluding hydrogens is 260 g/mol. The van der Waals surface area contributed by atoms with Crippen molar-refractivity contribution in [2.24, 2.45) is 0 Å². The summed E-state index contributed by atoms with van der Waals surface area (Å²) < 4.78 is 5.48. The summed E-state index contributed by atoms with van der Waals surface area (Å²) in [6.45, 7) is 3.37. The highest BCUT2D eigenvalue weighted by atomic mass is 16.5. The molecule has 0 saturated carbocycles. The quantitative estimate of drug-likeness (QED) is 0.934. The van der Waals surface area contributed by atoms with Crippen molar-refractivity contribution in [2.45, 2.75) is 25.4 Å². The number of ether oxygens (including phenoxy) is 1. The van der Waals surface area contributed by atoms with E-state index in [4.69, 9.17) is 4.74 Å². The minimum absolute atomic E-state index is 0.689. The van der Waals surface area contributed by atoms with E-state index in [1.165, 1.54) is 42.3 Å². The van der Waals surface area contributed by atoms with E-state index in [0.717, 1.165) is 12.3 Å². The molecular formula is C18H24N2O. The largest absolute Gasteiger partial charge is 0.496 e. The molecule has 2 aromatic rings. The van der Waals surface area contributed by atoms with Gasteiger partial charge >= 0.3 is 0 Å². The highest BCUT2D eigenvalue weighted by molar-refractivity contribution is 5.91. The standard InChI is InChI=1S/C18H24N2O/c1-19-15-9-11-20(12-10-15)13-14-7-8-18(21-2)17-6-4-3-5-16(14)17/h3-8,15,19H,9-13H2,1-2H3. The van der Waals surface area contributed by atoms with E-state index in [0.29, 0.717) is 6.04 Å². The van der Waals surface area contributed by atoms with Gasteiger partial charge in [0.1, 0.15) is 5.75 Å². The lowest BCUT2D eigenvalue weighted by atomic mass is 10.0. The Labute approximate surface area is 126 Å². The van der Waals surface area contributed by atoms with Gasteiger partial charge in [-0.25, -0.2) is 0 Å². The van der Waals surface area contributed by atoms with Crippen LogP contribution in [0.15, 0.2) is 36.4 Å². The van der Waals surface area contributed by atoms with E-state index in [2.05, 4.69) is 53.7 Å². The van der Waals surface area contributed by atoms with Crippen LogP contribution in [-0.4, -0.2) is 38.2 Å². The number of benzene rings is 2. The van der Waals surface area contributed by atoms with Gasteiger partial charge in [-0.3, -0.25) is 4.90 Å². The van der Waals surface area contributed by atoms with Gasteiger partial charge in [0.15, 0.2) is 0 Å². The van der Waals surface area contributed by atoms with Crippen LogP contribution in [0.5, 0.6) is 5.75 Å². The second-order valence-corrected chi connectivity index (χ2v) is 5.81. The van der Waals surface area contributed by atoms with Crippen molar-refractivity contribution in [1.82, 2.24) is 10.2 Å². The Balaban J connectivity index is 1.82. The lowest BCUT2D eigenvalue weighted by Crippen LogP contribution is -2.40. The maximum atomic E-state index is 5.48. The highest BCUT2D eigenvalue weighted by Crippen LogP contribution is 2.29. The van der Waals surface area contributed by atoms with Crippen LogP contribution in [0, 0.1) is 0 Å². The number of rotatable bonds is 4. The molecule has 1 aliphatic heterocycles. The molecule has 1 heterocycles. The number of nitrogens with zero attached hydrogens (tertiary/aromatic N) is 1. The normalized spacial score (nSPS) is 17.2. The summed E-state index contributed by atoms with van der Waals surface area (Å²) in [5.41, 5.74) is 1.40. The lowest BCUT2D eigenvalue weighted by Gasteiger charge is -2.32. The summed E-state index contributed by atoms with van der Waals surface area (Å²) in [6, 6.07) is 13.5. The molecule has 0 unspecified atom stereocenters. The third kappa shape index (κ3) is 3.04. The molecule has 3 rings (SSSR count). The van der Waals surface area contributed by atoms with Crippen LogP contribution in [0.2, 0.25) is 0 Å². The Morgan fingerprint density at radius 1 is 1.10 bits per heavy atom. The molecule has 0 aliphatic carbocycles. The number of likely N-dealkylation sites (tertiary alicyclic amines) is 1. The van der Waals surface area contributed by atoms with Gasteiger partial charge in [0.25, 0.3) is 0 Å². The van der Waals surface area contributed by atoms with Crippen LogP contribution < -0.4 is 10.1 Å². The Hall–Kier alpha value is -1.58. The Morgan fingerprint density at radius 2 is 1.81 bits per heavy atom. The van der Waals surface area contributed by atoms with Crippen LogP contribution in [0.25, 0.3) is 10.8 Å². The van der Waals surface area contributed by atoms with Crippen LogP contribution in [-0.2, 0) is 6.54 Å². The summed E-state index contributed by atoms with van der Waals surface area (Å²) in [7, 11) is 3.81. The lowest BCUT2D eigenvalue weighted by molar-refractivity contribution is 0.195. The molecule has 0 atom stereocenters.